The van der Waals surface area contributed by atoms with Gasteiger partial charge in [-0.15, -0.1) is 0 Å². The smallest absolute Gasteiger partial charge is 0.396 e. The molecule has 0 spiro atoms. The minimum absolute atomic E-state index is 0.0634. The van der Waals surface area contributed by atoms with Crippen LogP contribution in [0.1, 0.15) is 18.4 Å². The molecule has 100 valence electrons. The third-order valence-electron chi connectivity index (χ3n) is 2.12. The normalized spacial score (nSPS) is 11.4. The van der Waals surface area contributed by atoms with Crippen molar-refractivity contribution >= 4 is 27.5 Å². The van der Waals surface area contributed by atoms with Crippen LogP contribution in [0.15, 0.2) is 22.7 Å². The molecule has 0 atom stereocenters. The maximum absolute atomic E-state index is 12.6. The summed E-state index contributed by atoms with van der Waals surface area (Å²) < 4.78 is 37.7. The molecule has 0 fully saturated rings. The zero-order chi connectivity index (χ0) is 13.8. The van der Waals surface area contributed by atoms with Gasteiger partial charge in [-0.2, -0.15) is 13.2 Å². The highest BCUT2D eigenvalue weighted by molar-refractivity contribution is 9.10. The third kappa shape index (κ3) is 4.30. The summed E-state index contributed by atoms with van der Waals surface area (Å²) in [7, 11) is 0. The predicted molar refractivity (Wildman–Crippen MR) is 64.1 cm³/mol. The van der Waals surface area contributed by atoms with E-state index in [9.17, 15) is 18.0 Å². The molecule has 18 heavy (non-hydrogen) atoms. The van der Waals surface area contributed by atoms with Gasteiger partial charge >= 0.3 is 6.18 Å². The molecule has 0 aliphatic heterocycles. The summed E-state index contributed by atoms with van der Waals surface area (Å²) in [6, 6.07) is 3.46. The van der Waals surface area contributed by atoms with Crippen molar-refractivity contribution in [2.75, 3.05) is 11.9 Å². The van der Waals surface area contributed by atoms with Crippen molar-refractivity contribution in [3.8, 4) is 0 Å². The molecular weight excluding hydrogens is 315 g/mol. The van der Waals surface area contributed by atoms with Crippen LogP contribution in [0.3, 0.4) is 0 Å². The minimum atomic E-state index is -4.48. The maximum atomic E-state index is 12.6. The van der Waals surface area contributed by atoms with Crippen LogP contribution in [-0.2, 0) is 11.0 Å². The van der Waals surface area contributed by atoms with E-state index in [1.54, 1.807) is 0 Å². The van der Waals surface area contributed by atoms with E-state index in [0.717, 1.165) is 6.07 Å². The van der Waals surface area contributed by atoms with Crippen LogP contribution in [0.5, 0.6) is 0 Å². The first-order chi connectivity index (χ1) is 8.34. The Morgan fingerprint density at radius 1 is 1.39 bits per heavy atom. The predicted octanol–water partition coefficient (Wildman–Crippen LogP) is 3.18. The summed E-state index contributed by atoms with van der Waals surface area (Å²) >= 11 is 2.81. The van der Waals surface area contributed by atoms with Gasteiger partial charge in [-0.1, -0.05) is 15.9 Å². The van der Waals surface area contributed by atoms with Gasteiger partial charge in [0.2, 0.25) is 5.91 Å². The SMILES string of the molecule is O=C(CCCO)Nc1ccc(Br)c(C(F)(F)F)c1. The minimum Gasteiger partial charge on any atom is -0.396 e. The van der Waals surface area contributed by atoms with Gasteiger partial charge in [0.25, 0.3) is 0 Å². The molecule has 0 aliphatic carbocycles. The molecule has 1 aromatic carbocycles. The Kier molecular flexibility index (Phi) is 5.15. The molecule has 0 saturated heterocycles. The van der Waals surface area contributed by atoms with Gasteiger partial charge in [0.05, 0.1) is 5.56 Å². The standard InChI is InChI=1S/C11H11BrF3NO2/c12-9-4-3-7(6-8(9)11(13,14)15)16-10(18)2-1-5-17/h3-4,6,17H,1-2,5H2,(H,16,18). The highest BCUT2D eigenvalue weighted by atomic mass is 79.9. The van der Waals surface area contributed by atoms with Crippen LogP contribution in [0.4, 0.5) is 18.9 Å². The number of benzene rings is 1. The average molecular weight is 326 g/mol. The van der Waals surface area contributed by atoms with E-state index in [0.29, 0.717) is 0 Å². The summed E-state index contributed by atoms with van der Waals surface area (Å²) in [5.41, 5.74) is -0.768. The van der Waals surface area contributed by atoms with Crippen LogP contribution in [-0.4, -0.2) is 17.6 Å². The van der Waals surface area contributed by atoms with Gasteiger partial charge in [0, 0.05) is 23.2 Å². The van der Waals surface area contributed by atoms with E-state index in [4.69, 9.17) is 5.11 Å². The lowest BCUT2D eigenvalue weighted by Gasteiger charge is -2.11. The number of hydrogen-bond donors (Lipinski definition) is 2. The van der Waals surface area contributed by atoms with Crippen molar-refractivity contribution in [1.29, 1.82) is 0 Å². The Morgan fingerprint density at radius 3 is 2.61 bits per heavy atom. The molecule has 1 amide bonds. The Morgan fingerprint density at radius 2 is 2.06 bits per heavy atom. The first-order valence-corrected chi connectivity index (χ1v) is 5.91. The van der Waals surface area contributed by atoms with Gasteiger partial charge in [-0.05, 0) is 24.6 Å². The number of halogens is 4. The van der Waals surface area contributed by atoms with Crippen LogP contribution >= 0.6 is 15.9 Å². The van der Waals surface area contributed by atoms with E-state index < -0.39 is 17.6 Å². The van der Waals surface area contributed by atoms with Crippen LogP contribution in [0.2, 0.25) is 0 Å². The van der Waals surface area contributed by atoms with Gasteiger partial charge in [-0.3, -0.25) is 4.79 Å². The Bertz CT molecular complexity index is 435. The molecule has 1 aromatic rings. The quantitative estimate of drug-likeness (QED) is 0.893. The molecular formula is C11H11BrF3NO2. The number of alkyl halides is 3. The molecule has 0 unspecified atom stereocenters. The highest BCUT2D eigenvalue weighted by Crippen LogP contribution is 2.36. The fraction of sp³-hybridized carbons (Fsp3) is 0.364. The first-order valence-electron chi connectivity index (χ1n) is 5.12. The molecule has 7 heteroatoms. The number of carbonyl (C=O) groups excluding carboxylic acids is 1. The highest BCUT2D eigenvalue weighted by Gasteiger charge is 2.33. The molecule has 0 bridgehead atoms. The topological polar surface area (TPSA) is 49.3 Å². The molecule has 0 aliphatic rings. The third-order valence-corrected chi connectivity index (χ3v) is 2.81. The fourth-order valence-corrected chi connectivity index (χ4v) is 1.75. The van der Waals surface area contributed by atoms with E-state index in [-0.39, 0.29) is 29.6 Å². The number of hydrogen-bond acceptors (Lipinski definition) is 2. The lowest BCUT2D eigenvalue weighted by atomic mass is 10.2. The monoisotopic (exact) mass is 325 g/mol. The number of aliphatic hydroxyl groups excluding tert-OH is 1. The zero-order valence-electron chi connectivity index (χ0n) is 9.22. The number of aliphatic hydroxyl groups is 1. The molecule has 0 radical (unpaired) electrons. The van der Waals surface area contributed by atoms with Crippen molar-refractivity contribution in [3.63, 3.8) is 0 Å². The van der Waals surface area contributed by atoms with Gasteiger partial charge in [-0.25, -0.2) is 0 Å². The van der Waals surface area contributed by atoms with E-state index in [1.165, 1.54) is 12.1 Å². The average Bonchev–Trinajstić information content (AvgIpc) is 2.27. The second-order valence-corrected chi connectivity index (χ2v) is 4.42. The number of nitrogens with one attached hydrogen (secondary N) is 1. The second kappa shape index (κ2) is 6.19. The lowest BCUT2D eigenvalue weighted by Crippen LogP contribution is -2.13. The lowest BCUT2D eigenvalue weighted by molar-refractivity contribution is -0.138. The molecule has 2 N–H and O–H groups in total. The molecule has 3 nitrogen and oxygen atoms in total. The number of anilines is 1. The molecule has 1 rings (SSSR count). The van der Waals surface area contributed by atoms with Gasteiger partial charge < -0.3 is 10.4 Å². The molecule has 0 saturated carbocycles. The van der Waals surface area contributed by atoms with Crippen LogP contribution in [0, 0.1) is 0 Å². The van der Waals surface area contributed by atoms with E-state index >= 15 is 0 Å². The van der Waals surface area contributed by atoms with Crippen LogP contribution < -0.4 is 5.32 Å². The Hall–Kier alpha value is -1.08. The first kappa shape index (κ1) is 15.0. The fourth-order valence-electron chi connectivity index (χ4n) is 1.28. The number of rotatable bonds is 4. The van der Waals surface area contributed by atoms with Crippen molar-refractivity contribution in [3.05, 3.63) is 28.2 Å². The Labute approximate surface area is 110 Å². The number of carbonyl (C=O) groups is 1. The van der Waals surface area contributed by atoms with Crippen LogP contribution in [0.25, 0.3) is 0 Å². The summed E-state index contributed by atoms with van der Waals surface area (Å²) in [6.45, 7) is -0.137. The van der Waals surface area contributed by atoms with Crippen molar-refractivity contribution in [2.45, 2.75) is 19.0 Å². The van der Waals surface area contributed by atoms with Crippen molar-refractivity contribution in [2.24, 2.45) is 0 Å². The summed E-state index contributed by atoms with van der Waals surface area (Å²) in [6.07, 6.45) is -4.15. The summed E-state index contributed by atoms with van der Waals surface area (Å²) in [5, 5.41) is 10.9. The van der Waals surface area contributed by atoms with Gasteiger partial charge in [0.15, 0.2) is 0 Å². The summed E-state index contributed by atoms with van der Waals surface area (Å²) in [4.78, 5) is 11.3. The van der Waals surface area contributed by atoms with Gasteiger partial charge in [0.1, 0.15) is 0 Å². The summed E-state index contributed by atoms with van der Waals surface area (Å²) in [5.74, 6) is -0.431. The number of amides is 1. The van der Waals surface area contributed by atoms with E-state index in [2.05, 4.69) is 21.2 Å². The molecule has 0 aromatic heterocycles. The second-order valence-electron chi connectivity index (χ2n) is 3.57. The largest absolute Gasteiger partial charge is 0.417 e. The maximum Gasteiger partial charge on any atom is 0.417 e. The van der Waals surface area contributed by atoms with Crippen molar-refractivity contribution in [1.82, 2.24) is 0 Å². The zero-order valence-corrected chi connectivity index (χ0v) is 10.8. The van der Waals surface area contributed by atoms with Crippen molar-refractivity contribution < 1.29 is 23.1 Å². The van der Waals surface area contributed by atoms with E-state index in [1.807, 2.05) is 0 Å². The Balaban J connectivity index is 2.83. The molecule has 0 heterocycles.